The van der Waals surface area contributed by atoms with Crippen LogP contribution in [0.1, 0.15) is 40.5 Å². The van der Waals surface area contributed by atoms with Gasteiger partial charge in [-0.2, -0.15) is 5.10 Å². The van der Waals surface area contributed by atoms with E-state index in [4.69, 9.17) is 14.6 Å². The van der Waals surface area contributed by atoms with Crippen molar-refractivity contribution in [3.8, 4) is 17.2 Å². The molecule has 6 heteroatoms. The van der Waals surface area contributed by atoms with Crippen molar-refractivity contribution in [1.82, 2.24) is 15.1 Å². The van der Waals surface area contributed by atoms with Crippen molar-refractivity contribution in [3.63, 3.8) is 0 Å². The molecule has 1 heterocycles. The Balaban J connectivity index is 1.58. The van der Waals surface area contributed by atoms with Crippen LogP contribution < -0.4 is 14.8 Å². The van der Waals surface area contributed by atoms with Gasteiger partial charge in [-0.1, -0.05) is 18.2 Å². The summed E-state index contributed by atoms with van der Waals surface area (Å²) in [4.78, 5) is 13.0. The molecule has 28 heavy (non-hydrogen) atoms. The largest absolute Gasteiger partial charge is 0.497 e. The zero-order valence-electron chi connectivity index (χ0n) is 16.0. The molecular weight excluding hydrogens is 354 g/mol. The molecule has 1 N–H and O–H groups in total. The molecule has 144 valence electrons. The van der Waals surface area contributed by atoms with E-state index in [0.717, 1.165) is 35.5 Å². The first kappa shape index (κ1) is 18.1. The summed E-state index contributed by atoms with van der Waals surface area (Å²) in [7, 11) is 3.22. The fourth-order valence-electron chi connectivity index (χ4n) is 3.19. The first-order chi connectivity index (χ1) is 13.7. The minimum Gasteiger partial charge on any atom is -0.497 e. The zero-order valence-corrected chi connectivity index (χ0v) is 16.0. The molecule has 1 fully saturated rings. The fourth-order valence-corrected chi connectivity index (χ4v) is 3.19. The van der Waals surface area contributed by atoms with Crippen LogP contribution in [0.4, 0.5) is 0 Å². The van der Waals surface area contributed by atoms with Crippen LogP contribution >= 0.6 is 0 Å². The number of carbonyl (C=O) groups excluding carboxylic acids is 1. The van der Waals surface area contributed by atoms with Crippen molar-refractivity contribution in [2.75, 3.05) is 14.2 Å². The number of nitrogens with one attached hydrogen (secondary N) is 1. The molecule has 1 amide bonds. The van der Waals surface area contributed by atoms with Gasteiger partial charge in [-0.3, -0.25) is 4.79 Å². The van der Waals surface area contributed by atoms with E-state index >= 15 is 0 Å². The lowest BCUT2D eigenvalue weighted by molar-refractivity contribution is 0.0943. The van der Waals surface area contributed by atoms with E-state index in [-0.39, 0.29) is 5.91 Å². The number of benzene rings is 2. The first-order valence-electron chi connectivity index (χ1n) is 9.34. The SMILES string of the molecule is COc1ccc(OC)c(CNC(=O)c2cc(C3CC3)nn2-c2ccccc2)c1. The van der Waals surface area contributed by atoms with Gasteiger partial charge < -0.3 is 14.8 Å². The summed E-state index contributed by atoms with van der Waals surface area (Å²) in [5, 5.41) is 7.68. The Labute approximate surface area is 164 Å². The van der Waals surface area contributed by atoms with E-state index in [1.165, 1.54) is 0 Å². The van der Waals surface area contributed by atoms with Crippen LogP contribution in [-0.2, 0) is 6.54 Å². The van der Waals surface area contributed by atoms with Crippen LogP contribution in [0.5, 0.6) is 11.5 Å². The number of methoxy groups -OCH3 is 2. The van der Waals surface area contributed by atoms with Gasteiger partial charge in [0.1, 0.15) is 17.2 Å². The predicted molar refractivity (Wildman–Crippen MR) is 106 cm³/mol. The van der Waals surface area contributed by atoms with E-state index in [1.54, 1.807) is 18.9 Å². The van der Waals surface area contributed by atoms with E-state index in [9.17, 15) is 4.79 Å². The second-order valence-corrected chi connectivity index (χ2v) is 6.84. The quantitative estimate of drug-likeness (QED) is 0.682. The fraction of sp³-hybridized carbons (Fsp3) is 0.273. The number of para-hydroxylation sites is 1. The van der Waals surface area contributed by atoms with Crippen molar-refractivity contribution in [2.24, 2.45) is 0 Å². The second-order valence-electron chi connectivity index (χ2n) is 6.84. The summed E-state index contributed by atoms with van der Waals surface area (Å²) in [6, 6.07) is 17.2. The number of carbonyl (C=O) groups is 1. The summed E-state index contributed by atoms with van der Waals surface area (Å²) in [5.41, 5.74) is 3.24. The van der Waals surface area contributed by atoms with Gasteiger partial charge in [-0.05, 0) is 49.2 Å². The van der Waals surface area contributed by atoms with E-state index in [2.05, 4.69) is 5.32 Å². The lowest BCUT2D eigenvalue weighted by Gasteiger charge is -2.12. The van der Waals surface area contributed by atoms with Crippen molar-refractivity contribution in [3.05, 3.63) is 71.5 Å². The maximum absolute atomic E-state index is 13.0. The normalized spacial score (nSPS) is 13.2. The lowest BCUT2D eigenvalue weighted by atomic mass is 10.2. The lowest BCUT2D eigenvalue weighted by Crippen LogP contribution is -2.25. The Bertz CT molecular complexity index is 978. The topological polar surface area (TPSA) is 65.4 Å². The highest BCUT2D eigenvalue weighted by Crippen LogP contribution is 2.39. The number of amides is 1. The average molecular weight is 377 g/mol. The van der Waals surface area contributed by atoms with Gasteiger partial charge in [-0.25, -0.2) is 4.68 Å². The molecule has 1 aliphatic carbocycles. The highest BCUT2D eigenvalue weighted by Gasteiger charge is 2.29. The minimum atomic E-state index is -0.173. The van der Waals surface area contributed by atoms with Gasteiger partial charge in [0, 0.05) is 18.0 Å². The molecule has 0 aliphatic heterocycles. The third kappa shape index (κ3) is 3.71. The minimum absolute atomic E-state index is 0.173. The third-order valence-corrected chi connectivity index (χ3v) is 4.88. The summed E-state index contributed by atoms with van der Waals surface area (Å²) in [6.45, 7) is 0.331. The Morgan fingerprint density at radius 1 is 1.11 bits per heavy atom. The zero-order chi connectivity index (χ0) is 19.5. The van der Waals surface area contributed by atoms with Crippen LogP contribution in [0, 0.1) is 0 Å². The number of aromatic nitrogens is 2. The number of rotatable bonds is 7. The van der Waals surface area contributed by atoms with Gasteiger partial charge in [0.05, 0.1) is 25.6 Å². The Morgan fingerprint density at radius 2 is 1.89 bits per heavy atom. The molecule has 0 unspecified atom stereocenters. The molecule has 6 nitrogen and oxygen atoms in total. The highest BCUT2D eigenvalue weighted by atomic mass is 16.5. The van der Waals surface area contributed by atoms with Gasteiger partial charge in [0.15, 0.2) is 0 Å². The number of hydrogen-bond donors (Lipinski definition) is 1. The van der Waals surface area contributed by atoms with Crippen molar-refractivity contribution in [1.29, 1.82) is 0 Å². The Kier molecular flexibility index (Phi) is 5.02. The average Bonchev–Trinajstić information content (AvgIpc) is 3.50. The van der Waals surface area contributed by atoms with Gasteiger partial charge in [0.25, 0.3) is 5.91 Å². The summed E-state index contributed by atoms with van der Waals surface area (Å²) in [6.07, 6.45) is 2.27. The summed E-state index contributed by atoms with van der Waals surface area (Å²) in [5.74, 6) is 1.72. The van der Waals surface area contributed by atoms with E-state index in [0.29, 0.717) is 23.9 Å². The molecule has 2 aromatic carbocycles. The Hall–Kier alpha value is -3.28. The Morgan fingerprint density at radius 3 is 2.57 bits per heavy atom. The standard InChI is InChI=1S/C22H23N3O3/c1-27-18-10-11-21(28-2)16(12-18)14-23-22(26)20-13-19(15-8-9-15)24-25(20)17-6-4-3-5-7-17/h3-7,10-13,15H,8-9,14H2,1-2H3,(H,23,26). The molecule has 0 radical (unpaired) electrons. The highest BCUT2D eigenvalue weighted by molar-refractivity contribution is 5.93. The molecule has 3 aromatic rings. The van der Waals surface area contributed by atoms with Gasteiger partial charge in [0.2, 0.25) is 0 Å². The number of nitrogens with zero attached hydrogens (tertiary/aromatic N) is 2. The van der Waals surface area contributed by atoms with Crippen molar-refractivity contribution < 1.29 is 14.3 Å². The predicted octanol–water partition coefficient (Wildman–Crippen LogP) is 3.70. The molecule has 0 atom stereocenters. The van der Waals surface area contributed by atoms with Gasteiger partial charge >= 0.3 is 0 Å². The van der Waals surface area contributed by atoms with E-state index in [1.807, 2.05) is 54.6 Å². The molecule has 1 aliphatic rings. The van der Waals surface area contributed by atoms with Crippen LogP contribution in [0.2, 0.25) is 0 Å². The maximum Gasteiger partial charge on any atom is 0.270 e. The molecule has 4 rings (SSSR count). The van der Waals surface area contributed by atoms with Crippen LogP contribution in [0.3, 0.4) is 0 Å². The van der Waals surface area contributed by atoms with Crippen LogP contribution in [0.25, 0.3) is 5.69 Å². The van der Waals surface area contributed by atoms with Crippen LogP contribution in [-0.4, -0.2) is 29.9 Å². The first-order valence-corrected chi connectivity index (χ1v) is 9.34. The molecule has 0 bridgehead atoms. The molecule has 1 aromatic heterocycles. The van der Waals surface area contributed by atoms with Crippen LogP contribution in [0.15, 0.2) is 54.6 Å². The van der Waals surface area contributed by atoms with Gasteiger partial charge in [-0.15, -0.1) is 0 Å². The number of ether oxygens (including phenoxy) is 2. The smallest absolute Gasteiger partial charge is 0.270 e. The molecule has 1 saturated carbocycles. The molecular formula is C22H23N3O3. The summed E-state index contributed by atoms with van der Waals surface area (Å²) >= 11 is 0. The van der Waals surface area contributed by atoms with E-state index < -0.39 is 0 Å². The maximum atomic E-state index is 13.0. The monoisotopic (exact) mass is 377 g/mol. The number of hydrogen-bond acceptors (Lipinski definition) is 4. The van der Waals surface area contributed by atoms with Crippen molar-refractivity contribution in [2.45, 2.75) is 25.3 Å². The molecule has 0 spiro atoms. The van der Waals surface area contributed by atoms with Crippen molar-refractivity contribution >= 4 is 5.91 Å². The third-order valence-electron chi connectivity index (χ3n) is 4.88. The molecule has 0 saturated heterocycles. The second kappa shape index (κ2) is 7.76. The summed E-state index contributed by atoms with van der Waals surface area (Å²) < 4.78 is 12.4.